The number of anilines is 1. The third-order valence-electron chi connectivity index (χ3n) is 4.18. The van der Waals surface area contributed by atoms with E-state index in [9.17, 15) is 0 Å². The number of likely N-dealkylation sites (N-methyl/N-ethyl adjacent to an activating group) is 1. The molecule has 4 heteroatoms. The molecule has 1 aliphatic rings. The van der Waals surface area contributed by atoms with Crippen LogP contribution in [0.2, 0.25) is 0 Å². The molecule has 0 aromatic carbocycles. The molecule has 1 saturated heterocycles. The summed E-state index contributed by atoms with van der Waals surface area (Å²) >= 11 is 0. The molecule has 0 unspecified atom stereocenters. The third kappa shape index (κ3) is 3.93. The fourth-order valence-electron chi connectivity index (χ4n) is 2.61. The fraction of sp³-hybridized carbons (Fsp3) is 0.688. The normalized spacial score (nSPS) is 20.0. The Morgan fingerprint density at radius 1 is 1.30 bits per heavy atom. The largest absolute Gasteiger partial charge is 0.370 e. The van der Waals surface area contributed by atoms with Crippen LogP contribution in [0.3, 0.4) is 0 Å². The molecule has 1 N–H and O–H groups in total. The van der Waals surface area contributed by atoms with Crippen molar-refractivity contribution in [2.75, 3.05) is 38.5 Å². The first kappa shape index (κ1) is 15.3. The molecule has 4 nitrogen and oxygen atoms in total. The van der Waals surface area contributed by atoms with Crippen LogP contribution in [0.4, 0.5) is 5.82 Å². The van der Waals surface area contributed by atoms with Gasteiger partial charge in [-0.05, 0) is 38.9 Å². The molecule has 112 valence electrons. The minimum absolute atomic E-state index is 0.258. The molecular formula is C16H28N4. The topological polar surface area (TPSA) is 31.4 Å². The van der Waals surface area contributed by atoms with Crippen LogP contribution < -0.4 is 5.32 Å². The zero-order chi connectivity index (χ0) is 14.6. The van der Waals surface area contributed by atoms with Crippen molar-refractivity contribution in [3.05, 3.63) is 23.9 Å². The van der Waals surface area contributed by atoms with E-state index in [4.69, 9.17) is 0 Å². The number of hydrogen-bond acceptors (Lipinski definition) is 4. The van der Waals surface area contributed by atoms with Crippen LogP contribution in [0.25, 0.3) is 0 Å². The van der Waals surface area contributed by atoms with Gasteiger partial charge >= 0.3 is 0 Å². The van der Waals surface area contributed by atoms with Gasteiger partial charge in [-0.15, -0.1) is 0 Å². The third-order valence-corrected chi connectivity index (χ3v) is 4.18. The smallest absolute Gasteiger partial charge is 0.125 e. The zero-order valence-electron chi connectivity index (χ0n) is 13.3. The summed E-state index contributed by atoms with van der Waals surface area (Å²) in [7, 11) is 2.22. The Labute approximate surface area is 123 Å². The van der Waals surface area contributed by atoms with E-state index >= 15 is 0 Å². The van der Waals surface area contributed by atoms with Gasteiger partial charge in [0.1, 0.15) is 5.82 Å². The van der Waals surface area contributed by atoms with Crippen LogP contribution in [0.15, 0.2) is 18.3 Å². The van der Waals surface area contributed by atoms with Gasteiger partial charge in [-0.1, -0.05) is 13.0 Å². The Balaban J connectivity index is 1.90. The Morgan fingerprint density at radius 2 is 2.10 bits per heavy atom. The molecule has 0 saturated carbocycles. The molecule has 0 atom stereocenters. The highest BCUT2D eigenvalue weighted by Gasteiger charge is 2.30. The lowest BCUT2D eigenvalue weighted by Crippen LogP contribution is -2.57. The second kappa shape index (κ2) is 6.55. The Morgan fingerprint density at radius 3 is 2.70 bits per heavy atom. The van der Waals surface area contributed by atoms with Crippen molar-refractivity contribution in [3.63, 3.8) is 0 Å². The highest BCUT2D eigenvalue weighted by atomic mass is 15.3. The lowest BCUT2D eigenvalue weighted by Gasteiger charge is -2.45. The summed E-state index contributed by atoms with van der Waals surface area (Å²) < 4.78 is 0. The van der Waals surface area contributed by atoms with Gasteiger partial charge in [-0.3, -0.25) is 9.80 Å². The molecule has 1 aromatic heterocycles. The lowest BCUT2D eigenvalue weighted by molar-refractivity contribution is 0.0359. The summed E-state index contributed by atoms with van der Waals surface area (Å²) in [5, 5.41) is 3.31. The molecule has 1 aliphatic heterocycles. The van der Waals surface area contributed by atoms with Crippen molar-refractivity contribution in [1.29, 1.82) is 0 Å². The molecule has 1 aromatic rings. The number of nitrogens with zero attached hydrogens (tertiary/aromatic N) is 3. The first-order valence-electron chi connectivity index (χ1n) is 7.63. The summed E-state index contributed by atoms with van der Waals surface area (Å²) in [6.45, 7) is 12.2. The predicted octanol–water partition coefficient (Wildman–Crippen LogP) is 2.43. The first-order valence-corrected chi connectivity index (χ1v) is 7.63. The number of hydrogen-bond donors (Lipinski definition) is 1. The summed E-state index contributed by atoms with van der Waals surface area (Å²) in [5.74, 6) is 0.981. The van der Waals surface area contributed by atoms with Crippen LogP contribution >= 0.6 is 0 Å². The number of rotatable bonds is 5. The van der Waals surface area contributed by atoms with Crippen LogP contribution in [-0.4, -0.2) is 53.5 Å². The van der Waals surface area contributed by atoms with Crippen LogP contribution in [0.5, 0.6) is 0 Å². The van der Waals surface area contributed by atoms with E-state index in [0.29, 0.717) is 0 Å². The van der Waals surface area contributed by atoms with E-state index in [2.05, 4.69) is 60.1 Å². The van der Waals surface area contributed by atoms with Gasteiger partial charge in [0.25, 0.3) is 0 Å². The van der Waals surface area contributed by atoms with Gasteiger partial charge in [-0.2, -0.15) is 0 Å². The van der Waals surface area contributed by atoms with Crippen molar-refractivity contribution >= 4 is 5.82 Å². The second-order valence-electron chi connectivity index (χ2n) is 6.42. The van der Waals surface area contributed by atoms with Gasteiger partial charge in [0.2, 0.25) is 0 Å². The fourth-order valence-corrected chi connectivity index (χ4v) is 2.61. The van der Waals surface area contributed by atoms with E-state index in [1.54, 1.807) is 0 Å². The molecule has 2 heterocycles. The minimum Gasteiger partial charge on any atom is -0.370 e. The molecule has 1 fully saturated rings. The maximum absolute atomic E-state index is 4.48. The molecule has 0 amide bonds. The SMILES string of the molecule is CCCNc1ccc(CN2CCN(C)C(C)(C)C2)cn1. The van der Waals surface area contributed by atoms with E-state index in [-0.39, 0.29) is 5.54 Å². The van der Waals surface area contributed by atoms with E-state index in [1.165, 1.54) is 5.56 Å². The maximum atomic E-state index is 4.48. The van der Waals surface area contributed by atoms with Crippen molar-refractivity contribution in [3.8, 4) is 0 Å². The van der Waals surface area contributed by atoms with Gasteiger partial charge in [0, 0.05) is 44.5 Å². The van der Waals surface area contributed by atoms with Crippen LogP contribution in [0, 0.1) is 0 Å². The number of pyridine rings is 1. The number of aromatic nitrogens is 1. The quantitative estimate of drug-likeness (QED) is 0.895. The Hall–Kier alpha value is -1.13. The van der Waals surface area contributed by atoms with Crippen LogP contribution in [-0.2, 0) is 6.54 Å². The average Bonchev–Trinajstić information content (AvgIpc) is 2.42. The highest BCUT2D eigenvalue weighted by molar-refractivity contribution is 5.35. The van der Waals surface area contributed by atoms with Gasteiger partial charge in [0.15, 0.2) is 0 Å². The molecule has 0 spiro atoms. The lowest BCUT2D eigenvalue weighted by atomic mass is 9.99. The van der Waals surface area contributed by atoms with Gasteiger partial charge in [0.05, 0.1) is 0 Å². The number of piperazine rings is 1. The van der Waals surface area contributed by atoms with E-state index in [0.717, 1.165) is 45.0 Å². The van der Waals surface area contributed by atoms with Crippen molar-refractivity contribution in [2.45, 2.75) is 39.3 Å². The van der Waals surface area contributed by atoms with Gasteiger partial charge < -0.3 is 5.32 Å². The second-order valence-corrected chi connectivity index (χ2v) is 6.42. The Kier molecular flexibility index (Phi) is 5.00. The van der Waals surface area contributed by atoms with E-state index in [1.807, 2.05) is 6.20 Å². The Bertz CT molecular complexity index is 413. The minimum atomic E-state index is 0.258. The molecule has 0 aliphatic carbocycles. The van der Waals surface area contributed by atoms with Crippen molar-refractivity contribution < 1.29 is 0 Å². The highest BCUT2D eigenvalue weighted by Crippen LogP contribution is 2.20. The summed E-state index contributed by atoms with van der Waals surface area (Å²) in [6.07, 6.45) is 3.13. The first-order chi connectivity index (χ1) is 9.51. The standard InChI is InChI=1S/C16H28N4/c1-5-8-17-15-7-6-14(11-18-15)12-20-10-9-19(4)16(2,3)13-20/h6-7,11H,5,8-10,12-13H2,1-4H3,(H,17,18). The molecule has 0 radical (unpaired) electrons. The zero-order valence-corrected chi connectivity index (χ0v) is 13.3. The molecule has 20 heavy (non-hydrogen) atoms. The molecule has 2 rings (SSSR count). The predicted molar refractivity (Wildman–Crippen MR) is 85.0 cm³/mol. The van der Waals surface area contributed by atoms with Crippen molar-refractivity contribution in [2.24, 2.45) is 0 Å². The van der Waals surface area contributed by atoms with E-state index < -0.39 is 0 Å². The summed E-state index contributed by atoms with van der Waals surface area (Å²) in [4.78, 5) is 9.45. The molecular weight excluding hydrogens is 248 g/mol. The van der Waals surface area contributed by atoms with Gasteiger partial charge in [-0.25, -0.2) is 4.98 Å². The average molecular weight is 276 g/mol. The number of nitrogens with one attached hydrogen (secondary N) is 1. The monoisotopic (exact) mass is 276 g/mol. The summed E-state index contributed by atoms with van der Waals surface area (Å²) in [6, 6.07) is 4.28. The van der Waals surface area contributed by atoms with Crippen LogP contribution in [0.1, 0.15) is 32.8 Å². The van der Waals surface area contributed by atoms with Crippen molar-refractivity contribution in [1.82, 2.24) is 14.8 Å². The molecule has 0 bridgehead atoms. The maximum Gasteiger partial charge on any atom is 0.125 e. The summed E-state index contributed by atoms with van der Waals surface area (Å²) in [5.41, 5.74) is 1.56.